The second-order valence-electron chi connectivity index (χ2n) is 8.70. The van der Waals surface area contributed by atoms with Crippen molar-refractivity contribution in [2.24, 2.45) is 33.7 Å². The summed E-state index contributed by atoms with van der Waals surface area (Å²) in [5, 5.41) is 23.1. The van der Waals surface area contributed by atoms with E-state index in [0.717, 1.165) is 43.2 Å². The van der Waals surface area contributed by atoms with Gasteiger partial charge in [0.05, 0.1) is 11.8 Å². The first-order valence-corrected chi connectivity index (χ1v) is 9.08. The van der Waals surface area contributed by atoms with Gasteiger partial charge in [0.2, 0.25) is 0 Å². The van der Waals surface area contributed by atoms with Gasteiger partial charge in [-0.15, -0.1) is 0 Å². The van der Waals surface area contributed by atoms with Crippen LogP contribution in [-0.4, -0.2) is 22.1 Å². The average molecular weight is 303 g/mol. The number of fused-ring (bicyclic) bond motifs is 5. The van der Waals surface area contributed by atoms with Gasteiger partial charge in [-0.1, -0.05) is 30.7 Å². The number of aliphatic hydroxyl groups excluding tert-OH is 1. The molecule has 3 heteroatoms. The van der Waals surface area contributed by atoms with Crippen molar-refractivity contribution >= 4 is 5.71 Å². The Morgan fingerprint density at radius 2 is 1.82 bits per heavy atom. The average Bonchev–Trinajstić information content (AvgIpc) is 2.84. The molecular formula is C19H29NO2. The van der Waals surface area contributed by atoms with Crippen molar-refractivity contribution in [1.82, 2.24) is 0 Å². The van der Waals surface area contributed by atoms with Crippen LogP contribution >= 0.6 is 0 Å². The van der Waals surface area contributed by atoms with Crippen LogP contribution in [0.3, 0.4) is 0 Å². The Balaban J connectivity index is 1.69. The fourth-order valence-corrected chi connectivity index (χ4v) is 6.59. The minimum Gasteiger partial charge on any atom is -0.411 e. The number of rotatable bonds is 0. The predicted octanol–water partition coefficient (Wildman–Crippen LogP) is 4.14. The summed E-state index contributed by atoms with van der Waals surface area (Å²) >= 11 is 0. The second-order valence-corrected chi connectivity index (χ2v) is 8.70. The van der Waals surface area contributed by atoms with E-state index >= 15 is 0 Å². The molecule has 22 heavy (non-hydrogen) atoms. The Hall–Kier alpha value is -0.830. The third kappa shape index (κ3) is 1.81. The molecule has 0 aromatic rings. The van der Waals surface area contributed by atoms with E-state index in [1.54, 1.807) is 0 Å². The lowest BCUT2D eigenvalue weighted by atomic mass is 9.48. The minimum atomic E-state index is -0.121. The van der Waals surface area contributed by atoms with Gasteiger partial charge < -0.3 is 10.3 Å². The van der Waals surface area contributed by atoms with E-state index in [4.69, 9.17) is 0 Å². The highest BCUT2D eigenvalue weighted by Crippen LogP contribution is 2.64. The Morgan fingerprint density at radius 1 is 1.09 bits per heavy atom. The van der Waals surface area contributed by atoms with Gasteiger partial charge in [-0.2, -0.15) is 0 Å². The smallest absolute Gasteiger partial charge is 0.0632 e. The summed E-state index contributed by atoms with van der Waals surface area (Å²) in [4.78, 5) is 0. The number of nitrogens with zero attached hydrogens (tertiary/aromatic N) is 1. The Labute approximate surface area is 133 Å². The minimum absolute atomic E-state index is 0.121. The number of allylic oxidation sites excluding steroid dienone is 1. The first kappa shape index (κ1) is 14.7. The van der Waals surface area contributed by atoms with Crippen LogP contribution in [0.4, 0.5) is 0 Å². The van der Waals surface area contributed by atoms with E-state index in [9.17, 15) is 10.3 Å². The zero-order chi connectivity index (χ0) is 15.5. The van der Waals surface area contributed by atoms with Crippen LogP contribution in [0, 0.1) is 28.6 Å². The second kappa shape index (κ2) is 4.83. The lowest BCUT2D eigenvalue weighted by Gasteiger charge is -2.57. The lowest BCUT2D eigenvalue weighted by molar-refractivity contribution is -0.0213. The highest BCUT2D eigenvalue weighted by atomic mass is 16.4. The van der Waals surface area contributed by atoms with Gasteiger partial charge in [0, 0.05) is 5.41 Å². The van der Waals surface area contributed by atoms with Gasteiger partial charge in [0.15, 0.2) is 0 Å². The van der Waals surface area contributed by atoms with Gasteiger partial charge in [0.25, 0.3) is 0 Å². The van der Waals surface area contributed by atoms with Crippen molar-refractivity contribution in [2.45, 2.75) is 71.3 Å². The zero-order valence-corrected chi connectivity index (χ0v) is 13.9. The standard InChI is InChI=1S/C19H29NO2/c1-18-9-7-13(21)11-12(18)3-4-14-15-5-6-17(20-22)19(15,2)10-8-16(14)18/h3,13-16,21-22H,4-11H2,1-2H3/t13?,14?,15?,16?,18-,19-/m0/s1. The molecule has 6 atom stereocenters. The molecule has 0 radical (unpaired) electrons. The van der Waals surface area contributed by atoms with Crippen molar-refractivity contribution in [3.63, 3.8) is 0 Å². The Bertz CT molecular complexity index is 540. The van der Waals surface area contributed by atoms with Gasteiger partial charge in [-0.05, 0) is 74.5 Å². The molecule has 2 N–H and O–H groups in total. The third-order valence-corrected chi connectivity index (χ3v) is 7.94. The molecule has 4 unspecified atom stereocenters. The Kier molecular flexibility index (Phi) is 3.24. The van der Waals surface area contributed by atoms with Crippen LogP contribution in [0.1, 0.15) is 65.2 Å². The van der Waals surface area contributed by atoms with E-state index in [1.165, 1.54) is 31.3 Å². The summed E-state index contributed by atoms with van der Waals surface area (Å²) in [6.07, 6.45) is 11.1. The summed E-state index contributed by atoms with van der Waals surface area (Å²) in [6.45, 7) is 4.79. The molecule has 3 nitrogen and oxygen atoms in total. The molecule has 0 bridgehead atoms. The fourth-order valence-electron chi connectivity index (χ4n) is 6.59. The molecule has 0 amide bonds. The van der Waals surface area contributed by atoms with Crippen LogP contribution in [0.15, 0.2) is 16.8 Å². The molecule has 0 aromatic carbocycles. The highest BCUT2D eigenvalue weighted by molar-refractivity contribution is 5.92. The molecule has 0 aromatic heterocycles. The molecular weight excluding hydrogens is 274 g/mol. The van der Waals surface area contributed by atoms with E-state index in [2.05, 4.69) is 25.1 Å². The van der Waals surface area contributed by atoms with Crippen molar-refractivity contribution in [3.05, 3.63) is 11.6 Å². The molecule has 4 aliphatic rings. The summed E-state index contributed by atoms with van der Waals surface area (Å²) in [7, 11) is 0. The van der Waals surface area contributed by atoms with Crippen LogP contribution in [0.25, 0.3) is 0 Å². The van der Waals surface area contributed by atoms with E-state index in [-0.39, 0.29) is 11.5 Å². The predicted molar refractivity (Wildman–Crippen MR) is 86.9 cm³/mol. The Morgan fingerprint density at radius 3 is 2.59 bits per heavy atom. The largest absolute Gasteiger partial charge is 0.411 e. The first-order chi connectivity index (χ1) is 10.5. The van der Waals surface area contributed by atoms with E-state index in [1.807, 2.05) is 0 Å². The maximum absolute atomic E-state index is 10.0. The summed E-state index contributed by atoms with van der Waals surface area (Å²) in [5.41, 5.74) is 3.02. The number of hydrogen-bond donors (Lipinski definition) is 2. The molecule has 0 saturated heterocycles. The van der Waals surface area contributed by atoms with Crippen LogP contribution in [0.5, 0.6) is 0 Å². The molecule has 122 valence electrons. The highest BCUT2D eigenvalue weighted by Gasteiger charge is 2.57. The monoisotopic (exact) mass is 303 g/mol. The maximum Gasteiger partial charge on any atom is 0.0632 e. The molecule has 0 heterocycles. The van der Waals surface area contributed by atoms with Gasteiger partial charge in [0.1, 0.15) is 0 Å². The summed E-state index contributed by atoms with van der Waals surface area (Å²) < 4.78 is 0. The summed E-state index contributed by atoms with van der Waals surface area (Å²) in [6, 6.07) is 0. The lowest BCUT2D eigenvalue weighted by Crippen LogP contribution is -2.50. The maximum atomic E-state index is 10.0. The third-order valence-electron chi connectivity index (χ3n) is 7.94. The van der Waals surface area contributed by atoms with Crippen LogP contribution in [-0.2, 0) is 0 Å². The molecule has 4 rings (SSSR count). The van der Waals surface area contributed by atoms with Crippen molar-refractivity contribution < 1.29 is 10.3 Å². The topological polar surface area (TPSA) is 52.8 Å². The normalized spacial score (nSPS) is 52.7. The molecule has 3 saturated carbocycles. The number of oxime groups is 1. The number of aliphatic hydroxyl groups is 1. The number of hydrogen-bond acceptors (Lipinski definition) is 3. The molecule has 3 fully saturated rings. The van der Waals surface area contributed by atoms with Crippen LogP contribution < -0.4 is 0 Å². The zero-order valence-electron chi connectivity index (χ0n) is 13.9. The van der Waals surface area contributed by atoms with Gasteiger partial charge >= 0.3 is 0 Å². The van der Waals surface area contributed by atoms with Crippen molar-refractivity contribution in [1.29, 1.82) is 0 Å². The van der Waals surface area contributed by atoms with E-state index in [0.29, 0.717) is 11.3 Å². The summed E-state index contributed by atoms with van der Waals surface area (Å²) in [5.74, 6) is 2.18. The van der Waals surface area contributed by atoms with Gasteiger partial charge in [-0.25, -0.2) is 0 Å². The van der Waals surface area contributed by atoms with Crippen LogP contribution in [0.2, 0.25) is 0 Å². The first-order valence-electron chi connectivity index (χ1n) is 9.08. The van der Waals surface area contributed by atoms with Crippen molar-refractivity contribution in [3.8, 4) is 0 Å². The molecule has 0 spiro atoms. The fraction of sp³-hybridized carbons (Fsp3) is 0.842. The SMILES string of the molecule is C[C@]12CCC(O)CC1=CCC1C2CC[C@]2(C)C(=NO)CCC12. The van der Waals surface area contributed by atoms with E-state index < -0.39 is 0 Å². The van der Waals surface area contributed by atoms with Gasteiger partial charge in [-0.3, -0.25) is 0 Å². The van der Waals surface area contributed by atoms with Crippen molar-refractivity contribution in [2.75, 3.05) is 0 Å². The molecule has 4 aliphatic carbocycles. The quantitative estimate of drug-likeness (QED) is 0.401. The molecule has 0 aliphatic heterocycles.